The van der Waals surface area contributed by atoms with E-state index in [-0.39, 0.29) is 10.4 Å². The smallest absolute Gasteiger partial charge is 0.461 e. The zero-order valence-electron chi connectivity index (χ0n) is 15.0. The van der Waals surface area contributed by atoms with Crippen molar-refractivity contribution in [3.8, 4) is 28.4 Å². The predicted molar refractivity (Wildman–Crippen MR) is 94.7 cm³/mol. The highest BCUT2D eigenvalue weighted by Crippen LogP contribution is 2.51. The van der Waals surface area contributed by atoms with Gasteiger partial charge in [-0.1, -0.05) is 23.8 Å². The van der Waals surface area contributed by atoms with Crippen LogP contribution in [-0.4, -0.2) is 22.5 Å². The minimum atomic E-state index is -4.69. The molecule has 5 nitrogen and oxygen atoms in total. The maximum Gasteiger partial charge on any atom is 0.461 e. The molecule has 0 aliphatic carbocycles. The monoisotopic (exact) mass is 401 g/mol. The Hall–Kier alpha value is -2.10. The molecule has 0 aromatic heterocycles. The van der Waals surface area contributed by atoms with Crippen LogP contribution in [0.3, 0.4) is 0 Å². The molecular formula is C18H18F3NO4S. The van der Waals surface area contributed by atoms with Gasteiger partial charge < -0.3 is 14.3 Å². The fraction of sp³-hybridized carbons (Fsp3) is 0.333. The van der Waals surface area contributed by atoms with Gasteiger partial charge in [-0.15, -0.1) is 0 Å². The molecule has 0 spiro atoms. The van der Waals surface area contributed by atoms with Crippen LogP contribution in [0.2, 0.25) is 0 Å². The maximum atomic E-state index is 12.4. The molecule has 9 heteroatoms. The lowest BCUT2D eigenvalue weighted by Crippen LogP contribution is -2.29. The molecule has 1 aliphatic heterocycles. The quantitative estimate of drug-likeness (QED) is 0.543. The number of methoxy groups -OCH3 is 1. The van der Waals surface area contributed by atoms with E-state index in [9.17, 15) is 18.4 Å². The van der Waals surface area contributed by atoms with Gasteiger partial charge in [0.25, 0.3) is 0 Å². The van der Waals surface area contributed by atoms with Crippen LogP contribution in [0.5, 0.6) is 17.2 Å². The third-order valence-corrected chi connectivity index (χ3v) is 4.52. The summed E-state index contributed by atoms with van der Waals surface area (Å²) in [6, 6.07) is 8.78. The third kappa shape index (κ3) is 4.10. The van der Waals surface area contributed by atoms with Crippen molar-refractivity contribution in [3.05, 3.63) is 41.5 Å². The van der Waals surface area contributed by atoms with E-state index in [0.29, 0.717) is 17.1 Å². The highest BCUT2D eigenvalue weighted by Gasteiger charge is 2.36. The fourth-order valence-electron chi connectivity index (χ4n) is 3.04. The van der Waals surface area contributed by atoms with E-state index in [2.05, 4.69) is 0 Å². The second kappa shape index (κ2) is 6.81. The second-order valence-corrected chi connectivity index (χ2v) is 7.48. The molecule has 0 saturated carbocycles. The van der Waals surface area contributed by atoms with E-state index in [1.807, 2.05) is 39.0 Å². The number of ether oxygens (including phenoxy) is 2. The van der Waals surface area contributed by atoms with Gasteiger partial charge in [0, 0.05) is 17.7 Å². The van der Waals surface area contributed by atoms with Gasteiger partial charge in [-0.25, -0.2) is 0 Å². The molecule has 2 aromatic rings. The fourth-order valence-corrected chi connectivity index (χ4v) is 3.34. The zero-order chi connectivity index (χ0) is 20.0. The van der Waals surface area contributed by atoms with Crippen molar-refractivity contribution < 1.29 is 32.7 Å². The summed E-state index contributed by atoms with van der Waals surface area (Å²) in [5, 5.41) is 9.38. The van der Waals surface area contributed by atoms with Gasteiger partial charge in [0.15, 0.2) is 5.75 Å². The SMILES string of the molecule is COc1cc(ON(O)SC(F)(F)F)cc2c1-c1cc(C)ccc1C(C)(C)O2. The number of hydrogen-bond donors (Lipinski definition) is 1. The number of hydrogen-bond acceptors (Lipinski definition) is 6. The summed E-state index contributed by atoms with van der Waals surface area (Å²) < 4.78 is 48.2. The molecule has 0 unspecified atom stereocenters. The first-order chi connectivity index (χ1) is 12.5. The Labute approximate surface area is 158 Å². The molecule has 2 aromatic carbocycles. The van der Waals surface area contributed by atoms with E-state index >= 15 is 0 Å². The van der Waals surface area contributed by atoms with Gasteiger partial charge in [0.2, 0.25) is 0 Å². The van der Waals surface area contributed by atoms with Crippen LogP contribution in [0.1, 0.15) is 25.0 Å². The molecule has 1 N–H and O–H groups in total. The topological polar surface area (TPSA) is 51.2 Å². The summed E-state index contributed by atoms with van der Waals surface area (Å²) in [4.78, 5) is 4.85. The summed E-state index contributed by atoms with van der Waals surface area (Å²) in [7, 11) is 1.44. The molecule has 3 rings (SSSR count). The normalized spacial score (nSPS) is 15.0. The van der Waals surface area contributed by atoms with Crippen LogP contribution in [0.25, 0.3) is 11.1 Å². The summed E-state index contributed by atoms with van der Waals surface area (Å²) in [5.74, 6) is 0.685. The Morgan fingerprint density at radius 2 is 1.89 bits per heavy atom. The molecule has 0 bridgehead atoms. The average molecular weight is 401 g/mol. The first-order valence-corrected chi connectivity index (χ1v) is 8.73. The van der Waals surface area contributed by atoms with Crippen molar-refractivity contribution in [3.63, 3.8) is 0 Å². The Balaban J connectivity index is 2.06. The van der Waals surface area contributed by atoms with Crippen LogP contribution < -0.4 is 14.3 Å². The van der Waals surface area contributed by atoms with Gasteiger partial charge in [-0.2, -0.15) is 13.2 Å². The largest absolute Gasteiger partial charge is 0.496 e. The van der Waals surface area contributed by atoms with Crippen LogP contribution in [-0.2, 0) is 5.60 Å². The molecule has 27 heavy (non-hydrogen) atoms. The highest BCUT2D eigenvalue weighted by molar-refractivity contribution is 7.97. The molecule has 0 fully saturated rings. The van der Waals surface area contributed by atoms with Crippen molar-refractivity contribution in [1.29, 1.82) is 0 Å². The van der Waals surface area contributed by atoms with E-state index < -0.39 is 23.1 Å². The standard InChI is InChI=1S/C18H18F3NO4S/c1-10-5-6-13-12(7-10)16-14(24-4)8-11(9-15(16)25-17(13,2)3)26-22(23)27-18(19,20)21/h5-9,23H,1-4H3. The molecular weight excluding hydrogens is 383 g/mol. The number of nitrogens with zero attached hydrogens (tertiary/aromatic N) is 1. The van der Waals surface area contributed by atoms with E-state index in [1.165, 1.54) is 19.2 Å². The summed E-state index contributed by atoms with van der Waals surface area (Å²) in [6.07, 6.45) is 0. The minimum Gasteiger partial charge on any atom is -0.496 e. The predicted octanol–water partition coefficient (Wildman–Crippen LogP) is 5.45. The van der Waals surface area contributed by atoms with Crippen LogP contribution >= 0.6 is 11.9 Å². The maximum absolute atomic E-state index is 12.4. The number of alkyl halides is 3. The van der Waals surface area contributed by atoms with E-state index in [0.717, 1.165) is 16.7 Å². The van der Waals surface area contributed by atoms with Crippen molar-refractivity contribution >= 4 is 11.9 Å². The molecule has 1 aliphatic rings. The van der Waals surface area contributed by atoms with E-state index in [4.69, 9.17) is 14.3 Å². The van der Waals surface area contributed by atoms with Gasteiger partial charge in [0.1, 0.15) is 29.0 Å². The number of aryl methyl sites for hydroxylation is 1. The van der Waals surface area contributed by atoms with Gasteiger partial charge in [-0.3, -0.25) is 5.21 Å². The Morgan fingerprint density at radius 3 is 2.52 bits per heavy atom. The Morgan fingerprint density at radius 1 is 1.19 bits per heavy atom. The van der Waals surface area contributed by atoms with Crippen molar-refractivity contribution in [2.24, 2.45) is 0 Å². The molecule has 0 amide bonds. The second-order valence-electron chi connectivity index (χ2n) is 6.53. The minimum absolute atomic E-state index is 0.0586. The number of benzene rings is 2. The number of fused-ring (bicyclic) bond motifs is 3. The van der Waals surface area contributed by atoms with Crippen molar-refractivity contribution in [1.82, 2.24) is 4.63 Å². The van der Waals surface area contributed by atoms with Gasteiger partial charge in [-0.05, 0) is 26.3 Å². The van der Waals surface area contributed by atoms with Gasteiger partial charge >= 0.3 is 5.51 Å². The summed E-state index contributed by atoms with van der Waals surface area (Å²) >= 11 is -0.822. The van der Waals surface area contributed by atoms with Crippen LogP contribution in [0, 0.1) is 6.92 Å². The molecule has 146 valence electrons. The lowest BCUT2D eigenvalue weighted by Gasteiger charge is -2.36. The molecule has 1 heterocycles. The molecule has 0 atom stereocenters. The van der Waals surface area contributed by atoms with E-state index in [1.54, 1.807) is 0 Å². The first kappa shape index (κ1) is 19.7. The molecule has 0 saturated heterocycles. The Kier molecular flexibility index (Phi) is 4.96. The number of halogens is 3. The zero-order valence-corrected chi connectivity index (χ0v) is 15.9. The van der Waals surface area contributed by atoms with Crippen LogP contribution in [0.4, 0.5) is 13.2 Å². The lowest BCUT2D eigenvalue weighted by atomic mass is 9.85. The van der Waals surface area contributed by atoms with Gasteiger partial charge in [0.05, 0.1) is 17.3 Å². The summed E-state index contributed by atoms with van der Waals surface area (Å²) in [6.45, 7) is 5.74. The average Bonchev–Trinajstić information content (AvgIpc) is 2.51. The third-order valence-electron chi connectivity index (χ3n) is 4.08. The molecule has 0 radical (unpaired) electrons. The van der Waals surface area contributed by atoms with Crippen LogP contribution in [0.15, 0.2) is 30.3 Å². The Bertz CT molecular complexity index is 870. The highest BCUT2D eigenvalue weighted by atomic mass is 32.2. The lowest BCUT2D eigenvalue weighted by molar-refractivity contribution is -0.199. The van der Waals surface area contributed by atoms with Crippen molar-refractivity contribution in [2.45, 2.75) is 31.9 Å². The summed E-state index contributed by atoms with van der Waals surface area (Å²) in [5.41, 5.74) is -1.76. The van der Waals surface area contributed by atoms with Crippen molar-refractivity contribution in [2.75, 3.05) is 7.11 Å². The first-order valence-electron chi connectivity index (χ1n) is 7.95. The number of rotatable bonds is 4.